The second kappa shape index (κ2) is 3.28. The summed E-state index contributed by atoms with van der Waals surface area (Å²) in [5.74, 6) is -2.17. The van der Waals surface area contributed by atoms with Crippen LogP contribution >= 0.6 is 0 Å². The summed E-state index contributed by atoms with van der Waals surface area (Å²) in [4.78, 5) is 22.4. The zero-order valence-electron chi connectivity index (χ0n) is 8.17. The van der Waals surface area contributed by atoms with E-state index in [1.165, 1.54) is 4.31 Å². The quantitative estimate of drug-likeness (QED) is 0.427. The molecule has 0 bridgehead atoms. The van der Waals surface area contributed by atoms with Crippen molar-refractivity contribution in [2.45, 2.75) is 6.42 Å². The van der Waals surface area contributed by atoms with Crippen molar-refractivity contribution in [3.8, 4) is 0 Å². The lowest BCUT2D eigenvalue weighted by atomic mass is 9.89. The third kappa shape index (κ3) is 1.76. The maximum atomic E-state index is 11.3. The van der Waals surface area contributed by atoms with Crippen molar-refractivity contribution in [1.29, 1.82) is 0 Å². The zero-order chi connectivity index (χ0) is 11.2. The van der Waals surface area contributed by atoms with Gasteiger partial charge in [-0.1, -0.05) is 0 Å². The van der Waals surface area contributed by atoms with Crippen LogP contribution in [0.5, 0.6) is 0 Å². The molecule has 84 valence electrons. The Morgan fingerprint density at radius 1 is 1.27 bits per heavy atom. The highest BCUT2D eigenvalue weighted by Gasteiger charge is 2.48. The minimum atomic E-state index is -3.29. The normalized spacial score (nSPS) is 32.6. The summed E-state index contributed by atoms with van der Waals surface area (Å²) in [5, 5.41) is 0. The molecule has 0 aromatic carbocycles. The van der Waals surface area contributed by atoms with E-state index in [1.54, 1.807) is 0 Å². The largest absolute Gasteiger partial charge is 0.393 e. The van der Waals surface area contributed by atoms with E-state index in [2.05, 4.69) is 4.74 Å². The molecule has 2 heterocycles. The lowest BCUT2D eigenvalue weighted by Crippen LogP contribution is -2.44. The molecular weight excluding hydrogens is 222 g/mol. The maximum absolute atomic E-state index is 11.3. The van der Waals surface area contributed by atoms with Crippen molar-refractivity contribution in [3.05, 3.63) is 0 Å². The average molecular weight is 233 g/mol. The number of hydrogen-bond donors (Lipinski definition) is 0. The van der Waals surface area contributed by atoms with Gasteiger partial charge in [0, 0.05) is 13.1 Å². The molecule has 0 radical (unpaired) electrons. The van der Waals surface area contributed by atoms with E-state index in [-0.39, 0.29) is 13.1 Å². The van der Waals surface area contributed by atoms with Gasteiger partial charge in [0.15, 0.2) is 0 Å². The third-order valence-electron chi connectivity index (χ3n) is 2.85. The van der Waals surface area contributed by atoms with Crippen LogP contribution in [0.3, 0.4) is 0 Å². The minimum Gasteiger partial charge on any atom is -0.393 e. The van der Waals surface area contributed by atoms with Crippen molar-refractivity contribution in [3.63, 3.8) is 0 Å². The Kier molecular flexibility index (Phi) is 2.31. The molecule has 7 heteroatoms. The highest BCUT2D eigenvalue weighted by atomic mass is 32.2. The molecule has 0 aromatic heterocycles. The highest BCUT2D eigenvalue weighted by Crippen LogP contribution is 2.32. The number of piperidine rings is 1. The van der Waals surface area contributed by atoms with Crippen LogP contribution in [0, 0.1) is 11.8 Å². The monoisotopic (exact) mass is 233 g/mol. The van der Waals surface area contributed by atoms with E-state index in [0.29, 0.717) is 6.42 Å². The second-order valence-electron chi connectivity index (χ2n) is 3.86. The van der Waals surface area contributed by atoms with Crippen LogP contribution in [0.25, 0.3) is 0 Å². The van der Waals surface area contributed by atoms with Crippen LogP contribution in [0.4, 0.5) is 0 Å². The topological polar surface area (TPSA) is 80.8 Å². The fraction of sp³-hybridized carbons (Fsp3) is 0.750. The van der Waals surface area contributed by atoms with Gasteiger partial charge in [0.1, 0.15) is 0 Å². The van der Waals surface area contributed by atoms with Crippen molar-refractivity contribution in [1.82, 2.24) is 4.31 Å². The maximum Gasteiger partial charge on any atom is 0.318 e. The Labute approximate surface area is 87.2 Å². The number of carbonyl (C=O) groups excluding carboxylic acids is 2. The molecule has 2 unspecified atom stereocenters. The van der Waals surface area contributed by atoms with Crippen LogP contribution in [-0.2, 0) is 24.3 Å². The molecule has 2 saturated heterocycles. The number of hydrogen-bond acceptors (Lipinski definition) is 5. The van der Waals surface area contributed by atoms with Gasteiger partial charge in [0.25, 0.3) is 0 Å². The average Bonchev–Trinajstić information content (AvgIpc) is 2.41. The van der Waals surface area contributed by atoms with Crippen LogP contribution in [-0.4, -0.2) is 44.0 Å². The summed E-state index contributed by atoms with van der Waals surface area (Å²) in [6, 6.07) is 0. The number of cyclic esters (lactones) is 2. The predicted octanol–water partition coefficient (Wildman–Crippen LogP) is -1.03. The lowest BCUT2D eigenvalue weighted by Gasteiger charge is -2.29. The summed E-state index contributed by atoms with van der Waals surface area (Å²) in [7, 11) is -3.29. The molecule has 2 aliphatic heterocycles. The first kappa shape index (κ1) is 10.6. The second-order valence-corrected chi connectivity index (χ2v) is 5.85. The van der Waals surface area contributed by atoms with E-state index in [1.807, 2.05) is 0 Å². The molecule has 15 heavy (non-hydrogen) atoms. The van der Waals surface area contributed by atoms with Crippen molar-refractivity contribution < 1.29 is 22.7 Å². The Balaban J connectivity index is 2.19. The molecule has 2 atom stereocenters. The van der Waals surface area contributed by atoms with Gasteiger partial charge in [-0.15, -0.1) is 0 Å². The Morgan fingerprint density at radius 3 is 2.47 bits per heavy atom. The predicted molar refractivity (Wildman–Crippen MR) is 49.1 cm³/mol. The first-order valence-corrected chi connectivity index (χ1v) is 6.45. The number of esters is 2. The van der Waals surface area contributed by atoms with E-state index in [9.17, 15) is 18.0 Å². The SMILES string of the molecule is CS(=O)(=O)N1CCC2C(=O)OC(=O)C2C1. The number of fused-ring (bicyclic) bond motifs is 1. The van der Waals surface area contributed by atoms with Crippen LogP contribution in [0.2, 0.25) is 0 Å². The third-order valence-corrected chi connectivity index (χ3v) is 4.12. The Bertz CT molecular complexity index is 415. The van der Waals surface area contributed by atoms with Gasteiger partial charge in [0.05, 0.1) is 18.1 Å². The van der Waals surface area contributed by atoms with E-state index >= 15 is 0 Å². The standard InChI is InChI=1S/C8H11NO5S/c1-15(12,13)9-3-2-5-6(4-9)8(11)14-7(5)10/h5-6H,2-4H2,1H3. The van der Waals surface area contributed by atoms with Gasteiger partial charge in [-0.25, -0.2) is 12.7 Å². The molecule has 0 spiro atoms. The van der Waals surface area contributed by atoms with Gasteiger partial charge in [-0.3, -0.25) is 9.59 Å². The zero-order valence-corrected chi connectivity index (χ0v) is 8.99. The lowest BCUT2D eigenvalue weighted by molar-refractivity contribution is -0.153. The smallest absolute Gasteiger partial charge is 0.318 e. The molecule has 2 rings (SSSR count). The molecule has 0 N–H and O–H groups in total. The Hall–Kier alpha value is -0.950. The van der Waals surface area contributed by atoms with Gasteiger partial charge < -0.3 is 4.74 Å². The molecule has 0 aliphatic carbocycles. The summed E-state index contributed by atoms with van der Waals surface area (Å²) < 4.78 is 28.2. The van der Waals surface area contributed by atoms with Gasteiger partial charge in [0.2, 0.25) is 10.0 Å². The summed E-state index contributed by atoms with van der Waals surface area (Å²) in [5.41, 5.74) is 0. The number of nitrogens with zero attached hydrogens (tertiary/aromatic N) is 1. The molecule has 2 fully saturated rings. The van der Waals surface area contributed by atoms with E-state index in [0.717, 1.165) is 6.26 Å². The van der Waals surface area contributed by atoms with Gasteiger partial charge in [-0.05, 0) is 6.42 Å². The first-order valence-electron chi connectivity index (χ1n) is 4.60. The fourth-order valence-electron chi connectivity index (χ4n) is 1.99. The number of sulfonamides is 1. The van der Waals surface area contributed by atoms with Crippen molar-refractivity contribution in [2.24, 2.45) is 11.8 Å². The van der Waals surface area contributed by atoms with E-state index in [4.69, 9.17) is 0 Å². The summed E-state index contributed by atoms with van der Waals surface area (Å²) in [6.45, 7) is 0.344. The number of ether oxygens (including phenoxy) is 1. The number of rotatable bonds is 1. The molecule has 2 aliphatic rings. The number of carbonyl (C=O) groups is 2. The minimum absolute atomic E-state index is 0.0636. The molecular formula is C8H11NO5S. The molecule has 0 aromatic rings. The van der Waals surface area contributed by atoms with Crippen molar-refractivity contribution in [2.75, 3.05) is 19.3 Å². The molecule has 0 amide bonds. The first-order chi connectivity index (χ1) is 6.89. The fourth-order valence-corrected chi connectivity index (χ4v) is 2.86. The van der Waals surface area contributed by atoms with Crippen LogP contribution in [0.15, 0.2) is 0 Å². The van der Waals surface area contributed by atoms with Gasteiger partial charge in [-0.2, -0.15) is 0 Å². The molecule has 6 nitrogen and oxygen atoms in total. The van der Waals surface area contributed by atoms with E-state index < -0.39 is 33.8 Å². The Morgan fingerprint density at radius 2 is 1.87 bits per heavy atom. The summed E-state index contributed by atoms with van der Waals surface area (Å²) >= 11 is 0. The highest BCUT2D eigenvalue weighted by molar-refractivity contribution is 7.88. The van der Waals surface area contributed by atoms with Crippen molar-refractivity contribution >= 4 is 22.0 Å². The van der Waals surface area contributed by atoms with Crippen LogP contribution in [0.1, 0.15) is 6.42 Å². The van der Waals surface area contributed by atoms with Gasteiger partial charge >= 0.3 is 11.9 Å². The van der Waals surface area contributed by atoms with Crippen LogP contribution < -0.4 is 0 Å². The summed E-state index contributed by atoms with van der Waals surface area (Å²) in [6.07, 6.45) is 1.46. The molecule has 0 saturated carbocycles.